The maximum absolute atomic E-state index is 12.8. The lowest BCUT2D eigenvalue weighted by Crippen LogP contribution is -2.50. The summed E-state index contributed by atoms with van der Waals surface area (Å²) in [5.41, 5.74) is 2.45. The molecule has 8 nitrogen and oxygen atoms in total. The summed E-state index contributed by atoms with van der Waals surface area (Å²) in [6.07, 6.45) is 1.86. The van der Waals surface area contributed by atoms with Crippen LogP contribution in [0.3, 0.4) is 0 Å². The summed E-state index contributed by atoms with van der Waals surface area (Å²) in [5, 5.41) is 0. The molecule has 3 rings (SSSR count). The van der Waals surface area contributed by atoms with Gasteiger partial charge in [-0.05, 0) is 24.1 Å². The Morgan fingerprint density at radius 3 is 2.45 bits per heavy atom. The molecule has 0 bridgehead atoms. The molecule has 1 aromatic heterocycles. The number of fused-ring (bicyclic) bond motifs is 1. The van der Waals surface area contributed by atoms with Gasteiger partial charge in [-0.25, -0.2) is 9.59 Å². The summed E-state index contributed by atoms with van der Waals surface area (Å²) in [5.74, 6) is -1.92. The van der Waals surface area contributed by atoms with Crippen LogP contribution in [0.2, 0.25) is 0 Å². The first-order valence-electron chi connectivity index (χ1n) is 9.10. The Hall–Kier alpha value is -3.42. The van der Waals surface area contributed by atoms with E-state index in [2.05, 4.69) is 0 Å². The molecule has 0 saturated carbocycles. The van der Waals surface area contributed by atoms with Gasteiger partial charge in [-0.2, -0.15) is 0 Å². The molecule has 1 atom stereocenters. The SMILES string of the molecule is COC(=O)[C@H]1Cc2ccccc2CN1C(=O)COC(=O)c1cc(C(C)=O)cn1C. The summed E-state index contributed by atoms with van der Waals surface area (Å²) in [6, 6.07) is 8.19. The lowest BCUT2D eigenvalue weighted by Gasteiger charge is -2.35. The van der Waals surface area contributed by atoms with Crippen LogP contribution in [0.4, 0.5) is 0 Å². The second-order valence-electron chi connectivity index (χ2n) is 6.89. The number of hydrogen-bond acceptors (Lipinski definition) is 6. The normalized spacial score (nSPS) is 15.4. The van der Waals surface area contributed by atoms with Crippen molar-refractivity contribution < 1.29 is 28.7 Å². The predicted octanol–water partition coefficient (Wildman–Crippen LogP) is 1.51. The zero-order valence-corrected chi connectivity index (χ0v) is 16.5. The number of nitrogens with zero attached hydrogens (tertiary/aromatic N) is 2. The Morgan fingerprint density at radius 1 is 1.14 bits per heavy atom. The molecule has 0 fully saturated rings. The van der Waals surface area contributed by atoms with E-state index in [-0.39, 0.29) is 18.0 Å². The maximum Gasteiger partial charge on any atom is 0.355 e. The van der Waals surface area contributed by atoms with Gasteiger partial charge in [-0.1, -0.05) is 24.3 Å². The number of carbonyl (C=O) groups excluding carboxylic acids is 4. The fraction of sp³-hybridized carbons (Fsp3) is 0.333. The van der Waals surface area contributed by atoms with Crippen molar-refractivity contribution in [2.24, 2.45) is 7.05 Å². The van der Waals surface area contributed by atoms with Crippen LogP contribution in [0.25, 0.3) is 0 Å². The average molecular weight is 398 g/mol. The molecule has 1 aromatic carbocycles. The van der Waals surface area contributed by atoms with Crippen molar-refractivity contribution in [3.8, 4) is 0 Å². The zero-order valence-electron chi connectivity index (χ0n) is 16.5. The first kappa shape index (κ1) is 20.3. The molecule has 2 aromatic rings. The lowest BCUT2D eigenvalue weighted by atomic mass is 9.94. The minimum Gasteiger partial charge on any atom is -0.467 e. The van der Waals surface area contributed by atoms with Gasteiger partial charge in [-0.3, -0.25) is 9.59 Å². The number of aromatic nitrogens is 1. The standard InChI is InChI=1S/C21H22N2O6/c1-13(24)16-9-17(22(2)10-16)21(27)29-12-19(25)23-11-15-7-5-4-6-14(15)8-18(23)20(26)28-3/h4-7,9-10,18H,8,11-12H2,1-3H3/t18-/m1/s1. The van der Waals surface area contributed by atoms with E-state index in [0.717, 1.165) is 11.1 Å². The van der Waals surface area contributed by atoms with Crippen LogP contribution in [0.5, 0.6) is 0 Å². The van der Waals surface area contributed by atoms with Gasteiger partial charge >= 0.3 is 11.9 Å². The number of benzene rings is 1. The minimum absolute atomic E-state index is 0.163. The van der Waals surface area contributed by atoms with E-state index in [1.54, 1.807) is 7.05 Å². The van der Waals surface area contributed by atoms with E-state index >= 15 is 0 Å². The molecule has 0 N–H and O–H groups in total. The molecule has 1 aliphatic rings. The van der Waals surface area contributed by atoms with Crippen molar-refractivity contribution in [2.45, 2.75) is 25.9 Å². The van der Waals surface area contributed by atoms with Crippen LogP contribution >= 0.6 is 0 Å². The van der Waals surface area contributed by atoms with Crippen LogP contribution < -0.4 is 0 Å². The molecule has 0 radical (unpaired) electrons. The second kappa shape index (κ2) is 8.30. The molecule has 0 spiro atoms. The van der Waals surface area contributed by atoms with Crippen molar-refractivity contribution >= 4 is 23.6 Å². The average Bonchev–Trinajstić information content (AvgIpc) is 3.12. The number of methoxy groups -OCH3 is 1. The summed E-state index contributed by atoms with van der Waals surface area (Å²) >= 11 is 0. The molecular weight excluding hydrogens is 376 g/mol. The number of amides is 1. The smallest absolute Gasteiger partial charge is 0.355 e. The van der Waals surface area contributed by atoms with Gasteiger partial charge in [0.15, 0.2) is 12.4 Å². The van der Waals surface area contributed by atoms with E-state index in [4.69, 9.17) is 9.47 Å². The van der Waals surface area contributed by atoms with Gasteiger partial charge in [0.1, 0.15) is 11.7 Å². The number of esters is 2. The van der Waals surface area contributed by atoms with Gasteiger partial charge < -0.3 is 18.9 Å². The monoisotopic (exact) mass is 398 g/mol. The topological polar surface area (TPSA) is 94.9 Å². The highest BCUT2D eigenvalue weighted by Crippen LogP contribution is 2.24. The molecular formula is C21H22N2O6. The quantitative estimate of drug-likeness (QED) is 0.560. The highest BCUT2D eigenvalue weighted by atomic mass is 16.5. The lowest BCUT2D eigenvalue weighted by molar-refractivity contribution is -0.155. The number of Topliss-reactive ketones (excluding diaryl/α,β-unsaturated/α-hetero) is 1. The van der Waals surface area contributed by atoms with Crippen molar-refractivity contribution in [3.05, 3.63) is 58.9 Å². The van der Waals surface area contributed by atoms with Crippen LogP contribution in [-0.4, -0.2) is 52.9 Å². The van der Waals surface area contributed by atoms with Crippen LogP contribution in [-0.2, 0) is 39.1 Å². The third kappa shape index (κ3) is 4.21. The molecule has 29 heavy (non-hydrogen) atoms. The van der Waals surface area contributed by atoms with E-state index < -0.39 is 30.5 Å². The summed E-state index contributed by atoms with van der Waals surface area (Å²) < 4.78 is 11.5. The number of rotatable bonds is 5. The maximum atomic E-state index is 12.8. The van der Waals surface area contributed by atoms with Crippen molar-refractivity contribution in [1.82, 2.24) is 9.47 Å². The largest absolute Gasteiger partial charge is 0.467 e. The van der Waals surface area contributed by atoms with Gasteiger partial charge in [0.05, 0.1) is 7.11 Å². The molecule has 0 saturated heterocycles. The number of hydrogen-bond donors (Lipinski definition) is 0. The van der Waals surface area contributed by atoms with Crippen LogP contribution in [0, 0.1) is 0 Å². The third-order valence-corrected chi connectivity index (χ3v) is 4.99. The molecule has 2 heterocycles. The van der Waals surface area contributed by atoms with E-state index in [0.29, 0.717) is 12.0 Å². The Labute approximate surface area is 168 Å². The van der Waals surface area contributed by atoms with E-state index in [9.17, 15) is 19.2 Å². The van der Waals surface area contributed by atoms with Crippen molar-refractivity contribution in [2.75, 3.05) is 13.7 Å². The summed E-state index contributed by atoms with van der Waals surface area (Å²) in [6.45, 7) is 1.11. The molecule has 0 aliphatic carbocycles. The first-order valence-corrected chi connectivity index (χ1v) is 9.10. The molecule has 152 valence electrons. The predicted molar refractivity (Wildman–Crippen MR) is 102 cm³/mol. The Balaban J connectivity index is 1.72. The van der Waals surface area contributed by atoms with Crippen LogP contribution in [0.1, 0.15) is 38.9 Å². The summed E-state index contributed by atoms with van der Waals surface area (Å²) in [7, 11) is 2.88. The Morgan fingerprint density at radius 2 is 1.83 bits per heavy atom. The third-order valence-electron chi connectivity index (χ3n) is 4.99. The second-order valence-corrected chi connectivity index (χ2v) is 6.89. The number of aryl methyl sites for hydroxylation is 1. The van der Waals surface area contributed by atoms with Gasteiger partial charge in [-0.15, -0.1) is 0 Å². The molecule has 1 amide bonds. The zero-order chi connectivity index (χ0) is 21.1. The molecule has 1 aliphatic heterocycles. The fourth-order valence-electron chi connectivity index (χ4n) is 3.38. The number of ketones is 1. The van der Waals surface area contributed by atoms with Crippen molar-refractivity contribution in [1.29, 1.82) is 0 Å². The summed E-state index contributed by atoms with van der Waals surface area (Å²) in [4.78, 5) is 50.1. The number of ether oxygens (including phenoxy) is 2. The number of carbonyl (C=O) groups is 4. The van der Waals surface area contributed by atoms with Gasteiger partial charge in [0.25, 0.3) is 5.91 Å². The van der Waals surface area contributed by atoms with E-state index in [1.807, 2.05) is 24.3 Å². The minimum atomic E-state index is -0.777. The fourth-order valence-corrected chi connectivity index (χ4v) is 3.38. The van der Waals surface area contributed by atoms with Crippen molar-refractivity contribution in [3.63, 3.8) is 0 Å². The van der Waals surface area contributed by atoms with Gasteiger partial charge in [0.2, 0.25) is 0 Å². The molecule has 8 heteroatoms. The molecule has 0 unspecified atom stereocenters. The van der Waals surface area contributed by atoms with E-state index in [1.165, 1.54) is 35.8 Å². The highest BCUT2D eigenvalue weighted by molar-refractivity contribution is 5.98. The Kier molecular flexibility index (Phi) is 5.81. The highest BCUT2D eigenvalue weighted by Gasteiger charge is 2.35. The van der Waals surface area contributed by atoms with Gasteiger partial charge in [0, 0.05) is 31.8 Å². The Bertz CT molecular complexity index is 977. The first-order chi connectivity index (χ1) is 13.8. The van der Waals surface area contributed by atoms with Crippen LogP contribution in [0.15, 0.2) is 36.5 Å².